The zero-order valence-electron chi connectivity index (χ0n) is 15.7. The molecule has 0 saturated heterocycles. The third-order valence-electron chi connectivity index (χ3n) is 4.17. The number of hydrogen-bond acceptors (Lipinski definition) is 3. The number of nitrogens with two attached hydrogens (primary N) is 1. The largest absolute Gasteiger partial charge is 0.489 e. The van der Waals surface area contributed by atoms with E-state index in [9.17, 15) is 9.18 Å². The molecule has 2 aromatic rings. The fourth-order valence-corrected chi connectivity index (χ4v) is 3.34. The summed E-state index contributed by atoms with van der Waals surface area (Å²) in [5.74, 6) is 0.603. The Hall–Kier alpha value is -1.67. The summed E-state index contributed by atoms with van der Waals surface area (Å²) >= 11 is 2.29. The number of hydrogen-bond donors (Lipinski definition) is 2. The van der Waals surface area contributed by atoms with Gasteiger partial charge in [-0.15, -0.1) is 0 Å². The van der Waals surface area contributed by atoms with Crippen molar-refractivity contribution < 1.29 is 13.9 Å². The Kier molecular flexibility index (Phi) is 8.50. The van der Waals surface area contributed by atoms with Gasteiger partial charge in [-0.05, 0) is 89.4 Å². The van der Waals surface area contributed by atoms with Gasteiger partial charge in [0.1, 0.15) is 18.2 Å². The minimum Gasteiger partial charge on any atom is -0.489 e. The fourth-order valence-electron chi connectivity index (χ4n) is 2.73. The third-order valence-corrected chi connectivity index (χ3v) is 5.22. The molecule has 0 aromatic heterocycles. The molecule has 4 nitrogen and oxygen atoms in total. The highest BCUT2D eigenvalue weighted by atomic mass is 127. The highest BCUT2D eigenvalue weighted by Crippen LogP contribution is 2.21. The second kappa shape index (κ2) is 10.6. The van der Waals surface area contributed by atoms with Gasteiger partial charge in [0.25, 0.3) is 0 Å². The van der Waals surface area contributed by atoms with Gasteiger partial charge < -0.3 is 15.8 Å². The van der Waals surface area contributed by atoms with Crippen LogP contribution in [0.3, 0.4) is 0 Å². The van der Waals surface area contributed by atoms with Crippen molar-refractivity contribution in [2.45, 2.75) is 39.3 Å². The monoisotopic (exact) mass is 484 g/mol. The summed E-state index contributed by atoms with van der Waals surface area (Å²) in [6.45, 7) is 5.19. The molecule has 1 atom stereocenters. The van der Waals surface area contributed by atoms with Crippen LogP contribution in [0.25, 0.3) is 0 Å². The van der Waals surface area contributed by atoms with Gasteiger partial charge in [0.15, 0.2) is 0 Å². The van der Waals surface area contributed by atoms with E-state index in [0.717, 1.165) is 33.3 Å². The molecule has 0 heterocycles. The van der Waals surface area contributed by atoms with Crippen LogP contribution in [0.4, 0.5) is 4.39 Å². The van der Waals surface area contributed by atoms with Crippen molar-refractivity contribution in [3.63, 3.8) is 0 Å². The molecule has 6 heteroatoms. The number of carbonyl (C=O) groups excluding carboxylic acids is 1. The van der Waals surface area contributed by atoms with Gasteiger partial charge in [-0.25, -0.2) is 4.39 Å². The molecule has 0 radical (unpaired) electrons. The van der Waals surface area contributed by atoms with Crippen LogP contribution in [0.5, 0.6) is 5.75 Å². The lowest BCUT2D eigenvalue weighted by Crippen LogP contribution is -2.43. The topological polar surface area (TPSA) is 64.3 Å². The molecule has 0 fully saturated rings. The van der Waals surface area contributed by atoms with Crippen LogP contribution < -0.4 is 15.8 Å². The summed E-state index contributed by atoms with van der Waals surface area (Å²) in [6.07, 6.45) is 1.50. The quantitative estimate of drug-likeness (QED) is 0.501. The Balaban J connectivity index is 1.92. The average Bonchev–Trinajstić information content (AvgIpc) is 2.62. The molecular weight excluding hydrogens is 458 g/mol. The predicted octanol–water partition coefficient (Wildman–Crippen LogP) is 4.04. The zero-order valence-corrected chi connectivity index (χ0v) is 17.8. The van der Waals surface area contributed by atoms with Crippen molar-refractivity contribution >= 4 is 28.5 Å². The Labute approximate surface area is 173 Å². The van der Waals surface area contributed by atoms with Crippen LogP contribution in [0.2, 0.25) is 0 Å². The molecule has 0 spiro atoms. The van der Waals surface area contributed by atoms with Crippen molar-refractivity contribution in [3.8, 4) is 5.75 Å². The number of ether oxygens (including phenoxy) is 1. The first-order chi connectivity index (χ1) is 12.8. The normalized spacial score (nSPS) is 12.2. The molecule has 2 aromatic carbocycles. The number of primary amides is 1. The second-order valence-electron chi connectivity index (χ2n) is 6.96. The van der Waals surface area contributed by atoms with E-state index in [1.165, 1.54) is 12.1 Å². The molecule has 0 aliphatic heterocycles. The van der Waals surface area contributed by atoms with Crippen molar-refractivity contribution in [2.75, 3.05) is 6.54 Å². The van der Waals surface area contributed by atoms with Gasteiger partial charge in [0, 0.05) is 3.57 Å². The first kappa shape index (κ1) is 21.6. The Morgan fingerprint density at radius 3 is 2.56 bits per heavy atom. The SMILES string of the molecule is CC(C)C[C@H](NCCc1cc(OCc2ccc(F)cc2)ccc1I)C(N)=O. The number of benzene rings is 2. The molecular formula is C21H26FIN2O2. The molecule has 0 aliphatic rings. The van der Waals surface area contributed by atoms with Crippen molar-refractivity contribution in [2.24, 2.45) is 11.7 Å². The van der Waals surface area contributed by atoms with Crippen LogP contribution in [0.1, 0.15) is 31.4 Å². The smallest absolute Gasteiger partial charge is 0.234 e. The minimum absolute atomic E-state index is 0.255. The van der Waals surface area contributed by atoms with Gasteiger partial charge >= 0.3 is 0 Å². The maximum absolute atomic E-state index is 13.0. The minimum atomic E-state index is -0.310. The van der Waals surface area contributed by atoms with E-state index in [1.54, 1.807) is 12.1 Å². The summed E-state index contributed by atoms with van der Waals surface area (Å²) in [5.41, 5.74) is 7.54. The highest BCUT2D eigenvalue weighted by molar-refractivity contribution is 14.1. The summed E-state index contributed by atoms with van der Waals surface area (Å²) in [4.78, 5) is 11.6. The molecule has 0 saturated carbocycles. The van der Waals surface area contributed by atoms with Gasteiger partial charge in [-0.1, -0.05) is 26.0 Å². The number of halogens is 2. The van der Waals surface area contributed by atoms with Crippen LogP contribution in [-0.2, 0) is 17.8 Å². The van der Waals surface area contributed by atoms with Gasteiger partial charge in [-0.3, -0.25) is 4.79 Å². The van der Waals surface area contributed by atoms with E-state index in [0.29, 0.717) is 19.1 Å². The Morgan fingerprint density at radius 1 is 1.22 bits per heavy atom. The zero-order chi connectivity index (χ0) is 19.8. The second-order valence-corrected chi connectivity index (χ2v) is 8.12. The number of nitrogens with one attached hydrogen (secondary N) is 1. The van der Waals surface area contributed by atoms with Crippen LogP contribution in [-0.4, -0.2) is 18.5 Å². The van der Waals surface area contributed by atoms with Crippen LogP contribution in [0, 0.1) is 15.3 Å². The lowest BCUT2D eigenvalue weighted by Gasteiger charge is -2.18. The van der Waals surface area contributed by atoms with Gasteiger partial charge in [0.2, 0.25) is 5.91 Å². The Bertz CT molecular complexity index is 750. The average molecular weight is 484 g/mol. The molecule has 3 N–H and O–H groups in total. The maximum atomic E-state index is 13.0. The number of amides is 1. The van der Waals surface area contributed by atoms with E-state index in [-0.39, 0.29) is 17.8 Å². The summed E-state index contributed by atoms with van der Waals surface area (Å²) in [5, 5.41) is 3.25. The van der Waals surface area contributed by atoms with Crippen molar-refractivity contribution in [1.82, 2.24) is 5.32 Å². The standard InChI is InChI=1S/C21H26FIN2O2/c1-14(2)11-20(21(24)26)25-10-9-16-12-18(7-8-19(16)23)27-13-15-3-5-17(22)6-4-15/h3-8,12,14,20,25H,9-11,13H2,1-2H3,(H2,24,26)/t20-/m0/s1. The summed E-state index contributed by atoms with van der Waals surface area (Å²) < 4.78 is 19.9. The molecule has 0 bridgehead atoms. The number of rotatable bonds is 10. The first-order valence-electron chi connectivity index (χ1n) is 9.03. The van der Waals surface area contributed by atoms with Crippen LogP contribution >= 0.6 is 22.6 Å². The lowest BCUT2D eigenvalue weighted by molar-refractivity contribution is -0.120. The van der Waals surface area contributed by atoms with E-state index < -0.39 is 0 Å². The molecule has 1 amide bonds. The maximum Gasteiger partial charge on any atom is 0.234 e. The molecule has 0 aliphatic carbocycles. The van der Waals surface area contributed by atoms with E-state index in [2.05, 4.69) is 41.8 Å². The fraction of sp³-hybridized carbons (Fsp3) is 0.381. The summed E-state index contributed by atoms with van der Waals surface area (Å²) in [7, 11) is 0. The summed E-state index contributed by atoms with van der Waals surface area (Å²) in [6, 6.07) is 11.9. The molecule has 27 heavy (non-hydrogen) atoms. The van der Waals surface area contributed by atoms with Crippen LogP contribution in [0.15, 0.2) is 42.5 Å². The molecule has 0 unspecified atom stereocenters. The van der Waals surface area contributed by atoms with E-state index in [4.69, 9.17) is 10.5 Å². The molecule has 2 rings (SSSR count). The molecule has 146 valence electrons. The van der Waals surface area contributed by atoms with Gasteiger partial charge in [-0.2, -0.15) is 0 Å². The highest BCUT2D eigenvalue weighted by Gasteiger charge is 2.16. The van der Waals surface area contributed by atoms with Gasteiger partial charge in [0.05, 0.1) is 6.04 Å². The van der Waals surface area contributed by atoms with Crippen molar-refractivity contribution in [3.05, 3.63) is 63.0 Å². The van der Waals surface area contributed by atoms with E-state index in [1.807, 2.05) is 18.2 Å². The number of carbonyl (C=O) groups is 1. The third kappa shape index (κ3) is 7.46. The Morgan fingerprint density at radius 2 is 1.93 bits per heavy atom. The van der Waals surface area contributed by atoms with E-state index >= 15 is 0 Å². The van der Waals surface area contributed by atoms with Crippen molar-refractivity contribution in [1.29, 1.82) is 0 Å². The first-order valence-corrected chi connectivity index (χ1v) is 10.1. The lowest BCUT2D eigenvalue weighted by atomic mass is 10.0. The predicted molar refractivity (Wildman–Crippen MR) is 114 cm³/mol.